The second kappa shape index (κ2) is 4.03. The van der Waals surface area contributed by atoms with E-state index >= 15 is 0 Å². The Hall–Kier alpha value is -1.35. The Labute approximate surface area is 90.1 Å². The molecular weight excluding hydrogens is 188 g/mol. The van der Waals surface area contributed by atoms with Gasteiger partial charge in [0.25, 0.3) is 0 Å². The Morgan fingerprint density at radius 1 is 1.33 bits per heavy atom. The number of nitrogens with zero attached hydrogens (tertiary/aromatic N) is 1. The van der Waals surface area contributed by atoms with Gasteiger partial charge in [-0.1, -0.05) is 6.07 Å². The molecule has 1 aromatic carbocycles. The molecule has 0 radical (unpaired) electrons. The largest absolute Gasteiger partial charge is 0.308 e. The molecule has 1 unspecified atom stereocenters. The molecule has 3 nitrogen and oxygen atoms in total. The van der Waals surface area contributed by atoms with Crippen molar-refractivity contribution in [1.82, 2.24) is 5.43 Å². The Kier molecular flexibility index (Phi) is 2.73. The molecule has 0 saturated carbocycles. The van der Waals surface area contributed by atoms with Crippen LogP contribution < -0.4 is 10.4 Å². The van der Waals surface area contributed by atoms with Gasteiger partial charge in [0, 0.05) is 6.54 Å². The van der Waals surface area contributed by atoms with Crippen molar-refractivity contribution in [2.75, 3.05) is 11.6 Å². The number of nitrogens with one attached hydrogen (secondary N) is 1. The van der Waals surface area contributed by atoms with Gasteiger partial charge in [0.05, 0.1) is 11.7 Å². The third kappa shape index (κ3) is 2.18. The molecule has 3 heteroatoms. The second-order valence-electron chi connectivity index (χ2n) is 4.16. The minimum absolute atomic E-state index is 0.0224. The smallest absolute Gasteiger partial charge is 0.138 e. The molecule has 0 aliphatic carbocycles. The first-order valence-corrected chi connectivity index (χ1v) is 5.26. The zero-order valence-corrected chi connectivity index (χ0v) is 9.16. The maximum Gasteiger partial charge on any atom is 0.138 e. The lowest BCUT2D eigenvalue weighted by molar-refractivity contribution is -0.109. The van der Waals surface area contributed by atoms with E-state index in [-0.39, 0.29) is 6.04 Å². The minimum atomic E-state index is -0.0224. The third-order valence-corrected chi connectivity index (χ3v) is 2.67. The number of hydrogen-bond donors (Lipinski definition) is 1. The molecule has 15 heavy (non-hydrogen) atoms. The van der Waals surface area contributed by atoms with Gasteiger partial charge in [-0.15, -0.1) is 0 Å². The molecule has 1 saturated heterocycles. The number of rotatable bonds is 2. The molecule has 1 N–H and O–H groups in total. The molecule has 1 aliphatic heterocycles. The molecule has 1 heterocycles. The van der Waals surface area contributed by atoms with Crippen LogP contribution in [0.3, 0.4) is 0 Å². The number of hydrogen-bond acceptors (Lipinski definition) is 3. The van der Waals surface area contributed by atoms with E-state index in [0.717, 1.165) is 24.9 Å². The fourth-order valence-corrected chi connectivity index (χ4v) is 2.01. The average Bonchev–Trinajstić information content (AvgIpc) is 2.64. The van der Waals surface area contributed by atoms with Gasteiger partial charge < -0.3 is 9.80 Å². The zero-order chi connectivity index (χ0) is 10.8. The lowest BCUT2D eigenvalue weighted by Crippen LogP contribution is -2.36. The normalized spacial score (nSPS) is 20.7. The van der Waals surface area contributed by atoms with Crippen LogP contribution in [0.4, 0.5) is 5.69 Å². The number of carbonyl (C=O) groups excluding carboxylic acids is 1. The first-order chi connectivity index (χ1) is 7.19. The van der Waals surface area contributed by atoms with Gasteiger partial charge in [-0.3, -0.25) is 0 Å². The van der Waals surface area contributed by atoms with Crippen molar-refractivity contribution < 1.29 is 4.79 Å². The topological polar surface area (TPSA) is 32.3 Å². The molecule has 80 valence electrons. The molecule has 1 atom stereocenters. The molecule has 2 rings (SSSR count). The van der Waals surface area contributed by atoms with Crippen LogP contribution in [0.25, 0.3) is 0 Å². The number of aldehydes is 1. The Morgan fingerprint density at radius 2 is 2.00 bits per heavy atom. The van der Waals surface area contributed by atoms with Gasteiger partial charge >= 0.3 is 0 Å². The Balaban J connectivity index is 2.19. The Bertz CT molecular complexity index is 356. The summed E-state index contributed by atoms with van der Waals surface area (Å²) in [5.74, 6) is 0. The van der Waals surface area contributed by atoms with E-state index in [9.17, 15) is 4.79 Å². The van der Waals surface area contributed by atoms with Gasteiger partial charge in [-0.25, -0.2) is 5.43 Å². The number of anilines is 1. The van der Waals surface area contributed by atoms with Crippen molar-refractivity contribution in [3.63, 3.8) is 0 Å². The molecule has 0 amide bonds. The van der Waals surface area contributed by atoms with Gasteiger partial charge in [0.15, 0.2) is 0 Å². The molecule has 0 aromatic heterocycles. The molecule has 1 aromatic rings. The lowest BCUT2D eigenvalue weighted by Gasteiger charge is -2.19. The van der Waals surface area contributed by atoms with Gasteiger partial charge in [0.2, 0.25) is 0 Å². The van der Waals surface area contributed by atoms with Crippen LogP contribution in [0, 0.1) is 13.8 Å². The molecule has 0 spiro atoms. The summed E-state index contributed by atoms with van der Waals surface area (Å²) in [7, 11) is 0. The first kappa shape index (κ1) is 10.2. The summed E-state index contributed by atoms with van der Waals surface area (Å²) in [5, 5.41) is 2.05. The fraction of sp³-hybridized carbons (Fsp3) is 0.417. The van der Waals surface area contributed by atoms with Crippen molar-refractivity contribution in [3.05, 3.63) is 29.3 Å². The Morgan fingerprint density at radius 3 is 2.53 bits per heavy atom. The van der Waals surface area contributed by atoms with Crippen LogP contribution in [0.2, 0.25) is 0 Å². The van der Waals surface area contributed by atoms with E-state index < -0.39 is 0 Å². The molecule has 0 bridgehead atoms. The summed E-state index contributed by atoms with van der Waals surface area (Å²) in [4.78, 5) is 10.6. The summed E-state index contributed by atoms with van der Waals surface area (Å²) in [6.07, 6.45) is 1.86. The summed E-state index contributed by atoms with van der Waals surface area (Å²) in [6.45, 7) is 5.07. The average molecular weight is 204 g/mol. The van der Waals surface area contributed by atoms with Crippen LogP contribution in [-0.4, -0.2) is 18.9 Å². The highest BCUT2D eigenvalue weighted by atomic mass is 16.1. The van der Waals surface area contributed by atoms with E-state index in [1.54, 1.807) is 0 Å². The highest BCUT2D eigenvalue weighted by Crippen LogP contribution is 2.20. The van der Waals surface area contributed by atoms with Crippen molar-refractivity contribution in [1.29, 1.82) is 0 Å². The standard InChI is InChI=1S/C12H16N2O/c1-9-5-10(2)7-12(6-9)14-4-3-11(8-15)13-14/h5-8,11,13H,3-4H2,1-2H3. The quantitative estimate of drug-likeness (QED) is 0.742. The van der Waals surface area contributed by atoms with Crippen LogP contribution in [0.15, 0.2) is 18.2 Å². The van der Waals surface area contributed by atoms with E-state index in [4.69, 9.17) is 0 Å². The number of carbonyl (C=O) groups is 1. The number of aryl methyl sites for hydroxylation is 2. The van der Waals surface area contributed by atoms with Crippen LogP contribution in [0.5, 0.6) is 0 Å². The van der Waals surface area contributed by atoms with Crippen LogP contribution >= 0.6 is 0 Å². The van der Waals surface area contributed by atoms with E-state index in [2.05, 4.69) is 42.5 Å². The van der Waals surface area contributed by atoms with E-state index in [1.165, 1.54) is 11.1 Å². The first-order valence-electron chi connectivity index (χ1n) is 5.26. The lowest BCUT2D eigenvalue weighted by atomic mass is 10.1. The fourth-order valence-electron chi connectivity index (χ4n) is 2.01. The summed E-state index contributed by atoms with van der Waals surface area (Å²) < 4.78 is 0. The number of benzene rings is 1. The summed E-state index contributed by atoms with van der Waals surface area (Å²) in [5.41, 5.74) is 6.83. The SMILES string of the molecule is Cc1cc(C)cc(N2CCC(C=O)N2)c1. The number of hydrazine groups is 1. The van der Waals surface area contributed by atoms with Crippen molar-refractivity contribution in [2.45, 2.75) is 26.3 Å². The minimum Gasteiger partial charge on any atom is -0.308 e. The van der Waals surface area contributed by atoms with E-state index in [0.29, 0.717) is 0 Å². The predicted octanol–water partition coefficient (Wildman–Crippen LogP) is 1.59. The summed E-state index contributed by atoms with van der Waals surface area (Å²) in [6, 6.07) is 6.39. The van der Waals surface area contributed by atoms with Crippen molar-refractivity contribution >= 4 is 12.0 Å². The van der Waals surface area contributed by atoms with Gasteiger partial charge in [-0.05, 0) is 43.5 Å². The second-order valence-corrected chi connectivity index (χ2v) is 4.16. The maximum absolute atomic E-state index is 10.6. The van der Waals surface area contributed by atoms with Crippen LogP contribution in [0.1, 0.15) is 17.5 Å². The highest BCUT2D eigenvalue weighted by molar-refractivity contribution is 5.61. The highest BCUT2D eigenvalue weighted by Gasteiger charge is 2.21. The monoisotopic (exact) mass is 204 g/mol. The van der Waals surface area contributed by atoms with Gasteiger partial charge in [-0.2, -0.15) is 0 Å². The predicted molar refractivity (Wildman–Crippen MR) is 60.9 cm³/mol. The molecular formula is C12H16N2O. The zero-order valence-electron chi connectivity index (χ0n) is 9.16. The van der Waals surface area contributed by atoms with Crippen LogP contribution in [-0.2, 0) is 4.79 Å². The van der Waals surface area contributed by atoms with Crippen molar-refractivity contribution in [2.24, 2.45) is 0 Å². The third-order valence-electron chi connectivity index (χ3n) is 2.67. The molecule has 1 fully saturated rings. The maximum atomic E-state index is 10.6. The summed E-state index contributed by atoms with van der Waals surface area (Å²) >= 11 is 0. The van der Waals surface area contributed by atoms with Crippen molar-refractivity contribution in [3.8, 4) is 0 Å². The van der Waals surface area contributed by atoms with E-state index in [1.807, 2.05) is 0 Å². The molecule has 1 aliphatic rings. The van der Waals surface area contributed by atoms with Gasteiger partial charge in [0.1, 0.15) is 6.29 Å².